The molecule has 0 saturated heterocycles. The Bertz CT molecular complexity index is 743. The number of hydrazine groups is 1. The Morgan fingerprint density at radius 3 is 2.71 bits per heavy atom. The van der Waals surface area contributed by atoms with Gasteiger partial charge in [0.05, 0.1) is 16.3 Å². The Labute approximate surface area is 128 Å². The molecule has 108 valence electrons. The summed E-state index contributed by atoms with van der Waals surface area (Å²) in [6.07, 6.45) is 2.79. The number of nitrogens with zero attached hydrogens (tertiary/aromatic N) is 1. The lowest BCUT2D eigenvalue weighted by Gasteiger charge is -2.19. The minimum absolute atomic E-state index is 0.0730. The van der Waals surface area contributed by atoms with E-state index in [1.165, 1.54) is 21.4 Å². The second-order valence-electron chi connectivity index (χ2n) is 5.37. The highest BCUT2D eigenvalue weighted by atomic mass is 32.1. The van der Waals surface area contributed by atoms with E-state index in [0.717, 1.165) is 17.5 Å². The van der Waals surface area contributed by atoms with Crippen molar-refractivity contribution in [3.63, 3.8) is 0 Å². The van der Waals surface area contributed by atoms with Gasteiger partial charge in [-0.25, -0.2) is 0 Å². The van der Waals surface area contributed by atoms with Gasteiger partial charge in [0.2, 0.25) is 0 Å². The quantitative estimate of drug-likeness (QED) is 0.571. The number of aromatic nitrogens is 1. The van der Waals surface area contributed by atoms with Crippen LogP contribution in [0.5, 0.6) is 0 Å². The van der Waals surface area contributed by atoms with Crippen molar-refractivity contribution >= 4 is 21.6 Å². The number of thiophene rings is 1. The monoisotopic (exact) mass is 297 g/mol. The van der Waals surface area contributed by atoms with Gasteiger partial charge in [0.15, 0.2) is 0 Å². The van der Waals surface area contributed by atoms with E-state index in [4.69, 9.17) is 5.84 Å². The topological polar surface area (TPSA) is 50.9 Å². The van der Waals surface area contributed by atoms with Crippen LogP contribution in [-0.2, 0) is 6.42 Å². The molecule has 3 nitrogen and oxygen atoms in total. The zero-order chi connectivity index (χ0) is 14.8. The van der Waals surface area contributed by atoms with Gasteiger partial charge >= 0.3 is 0 Å². The molecule has 0 aliphatic rings. The molecule has 2 aromatic heterocycles. The van der Waals surface area contributed by atoms with Crippen LogP contribution in [0.2, 0.25) is 0 Å². The maximum atomic E-state index is 5.80. The first-order valence-electron chi connectivity index (χ1n) is 7.03. The lowest BCUT2D eigenvalue weighted by molar-refractivity contribution is 0.549. The van der Waals surface area contributed by atoms with Gasteiger partial charge in [0.1, 0.15) is 0 Å². The molecule has 3 rings (SSSR count). The van der Waals surface area contributed by atoms with E-state index >= 15 is 0 Å². The molecule has 0 spiro atoms. The summed E-state index contributed by atoms with van der Waals surface area (Å²) in [6.45, 7) is 4.30. The fourth-order valence-electron chi connectivity index (χ4n) is 2.70. The predicted molar refractivity (Wildman–Crippen MR) is 89.3 cm³/mol. The molecule has 21 heavy (non-hydrogen) atoms. The SMILES string of the molecule is Cc1cccc(C)c1CC(NN)c1cnc2ccsc2c1. The van der Waals surface area contributed by atoms with Gasteiger partial charge in [-0.2, -0.15) is 0 Å². The van der Waals surface area contributed by atoms with Crippen LogP contribution in [-0.4, -0.2) is 4.98 Å². The van der Waals surface area contributed by atoms with Crippen molar-refractivity contribution in [3.8, 4) is 0 Å². The number of nitrogens with two attached hydrogens (primary N) is 1. The molecule has 0 bridgehead atoms. The maximum absolute atomic E-state index is 5.80. The average molecular weight is 297 g/mol. The number of rotatable bonds is 4. The van der Waals surface area contributed by atoms with Crippen LogP contribution in [0, 0.1) is 13.8 Å². The van der Waals surface area contributed by atoms with E-state index in [9.17, 15) is 0 Å². The molecule has 0 aliphatic carbocycles. The Morgan fingerprint density at radius 2 is 2.00 bits per heavy atom. The van der Waals surface area contributed by atoms with E-state index in [2.05, 4.69) is 53.9 Å². The zero-order valence-electron chi connectivity index (χ0n) is 12.3. The van der Waals surface area contributed by atoms with Crippen LogP contribution in [0.4, 0.5) is 0 Å². The minimum Gasteiger partial charge on any atom is -0.271 e. The average Bonchev–Trinajstić information content (AvgIpc) is 2.94. The highest BCUT2D eigenvalue weighted by Gasteiger charge is 2.14. The Hall–Kier alpha value is -1.75. The number of aryl methyl sites for hydroxylation is 2. The first kappa shape index (κ1) is 14.2. The van der Waals surface area contributed by atoms with Gasteiger partial charge in [0.25, 0.3) is 0 Å². The van der Waals surface area contributed by atoms with Crippen molar-refractivity contribution in [2.45, 2.75) is 26.3 Å². The number of benzene rings is 1. The third-order valence-electron chi connectivity index (χ3n) is 3.98. The molecule has 3 aromatic rings. The standard InChI is InChI=1S/C17H19N3S/c1-11-4-3-5-12(2)14(11)9-16(20-18)13-8-17-15(19-10-13)6-7-21-17/h3-8,10,16,20H,9,18H2,1-2H3. The molecule has 0 saturated carbocycles. The second kappa shape index (κ2) is 5.93. The predicted octanol–water partition coefficient (Wildman–Crippen LogP) is 3.66. The van der Waals surface area contributed by atoms with Crippen molar-refractivity contribution in [2.24, 2.45) is 5.84 Å². The molecule has 4 heteroatoms. The van der Waals surface area contributed by atoms with E-state index < -0.39 is 0 Å². The second-order valence-corrected chi connectivity index (χ2v) is 6.31. The smallest absolute Gasteiger partial charge is 0.0809 e. The van der Waals surface area contributed by atoms with E-state index in [0.29, 0.717) is 0 Å². The van der Waals surface area contributed by atoms with Gasteiger partial charge in [0, 0.05) is 6.20 Å². The van der Waals surface area contributed by atoms with E-state index in [-0.39, 0.29) is 6.04 Å². The Balaban J connectivity index is 1.94. The zero-order valence-corrected chi connectivity index (χ0v) is 13.1. The van der Waals surface area contributed by atoms with Crippen LogP contribution in [0.25, 0.3) is 10.2 Å². The lowest BCUT2D eigenvalue weighted by Crippen LogP contribution is -2.30. The number of nitrogens with one attached hydrogen (secondary N) is 1. The Kier molecular flexibility index (Phi) is 4.01. The molecule has 0 radical (unpaired) electrons. The van der Waals surface area contributed by atoms with Crippen molar-refractivity contribution in [3.05, 3.63) is 64.2 Å². The summed E-state index contributed by atoms with van der Waals surface area (Å²) in [6, 6.07) is 10.7. The summed E-state index contributed by atoms with van der Waals surface area (Å²) in [5.41, 5.74) is 9.09. The van der Waals surface area contributed by atoms with Crippen LogP contribution in [0.1, 0.15) is 28.3 Å². The highest BCUT2D eigenvalue weighted by Crippen LogP contribution is 2.26. The maximum Gasteiger partial charge on any atom is 0.0809 e. The van der Waals surface area contributed by atoms with Crippen molar-refractivity contribution in [1.29, 1.82) is 0 Å². The largest absolute Gasteiger partial charge is 0.271 e. The molecule has 1 unspecified atom stereocenters. The first-order chi connectivity index (χ1) is 10.2. The van der Waals surface area contributed by atoms with E-state index in [1.807, 2.05) is 12.3 Å². The van der Waals surface area contributed by atoms with Crippen LogP contribution in [0.3, 0.4) is 0 Å². The number of hydrogen-bond acceptors (Lipinski definition) is 4. The van der Waals surface area contributed by atoms with Crippen LogP contribution < -0.4 is 11.3 Å². The molecule has 0 amide bonds. The van der Waals surface area contributed by atoms with Gasteiger partial charge in [-0.15, -0.1) is 11.3 Å². The van der Waals surface area contributed by atoms with Crippen molar-refractivity contribution in [1.82, 2.24) is 10.4 Å². The third-order valence-corrected chi connectivity index (χ3v) is 4.83. The Morgan fingerprint density at radius 1 is 1.24 bits per heavy atom. The summed E-state index contributed by atoms with van der Waals surface area (Å²) >= 11 is 1.71. The fraction of sp³-hybridized carbons (Fsp3) is 0.235. The lowest BCUT2D eigenvalue weighted by atomic mass is 9.94. The van der Waals surface area contributed by atoms with Gasteiger partial charge < -0.3 is 0 Å². The third kappa shape index (κ3) is 2.83. The molecule has 0 aliphatic heterocycles. The van der Waals surface area contributed by atoms with Crippen LogP contribution in [0.15, 0.2) is 41.9 Å². The number of pyridine rings is 1. The highest BCUT2D eigenvalue weighted by molar-refractivity contribution is 7.17. The number of fused-ring (bicyclic) bond motifs is 1. The van der Waals surface area contributed by atoms with Crippen molar-refractivity contribution in [2.75, 3.05) is 0 Å². The van der Waals surface area contributed by atoms with Gasteiger partial charge in [-0.05, 0) is 60.0 Å². The van der Waals surface area contributed by atoms with Gasteiger partial charge in [-0.1, -0.05) is 18.2 Å². The molecule has 1 atom stereocenters. The first-order valence-corrected chi connectivity index (χ1v) is 7.91. The summed E-state index contributed by atoms with van der Waals surface area (Å²) in [7, 11) is 0. The number of hydrogen-bond donors (Lipinski definition) is 2. The fourth-order valence-corrected chi connectivity index (χ4v) is 3.49. The minimum atomic E-state index is 0.0730. The van der Waals surface area contributed by atoms with Crippen LogP contribution >= 0.6 is 11.3 Å². The molecule has 3 N–H and O–H groups in total. The van der Waals surface area contributed by atoms with E-state index in [1.54, 1.807) is 11.3 Å². The van der Waals surface area contributed by atoms with Crippen molar-refractivity contribution < 1.29 is 0 Å². The van der Waals surface area contributed by atoms with Gasteiger partial charge in [-0.3, -0.25) is 16.3 Å². The molecule has 1 aromatic carbocycles. The summed E-state index contributed by atoms with van der Waals surface area (Å²) in [5.74, 6) is 5.80. The molecule has 2 heterocycles. The summed E-state index contributed by atoms with van der Waals surface area (Å²) < 4.78 is 1.20. The normalized spacial score (nSPS) is 12.7. The molecule has 0 fully saturated rings. The summed E-state index contributed by atoms with van der Waals surface area (Å²) in [5, 5.41) is 2.07. The summed E-state index contributed by atoms with van der Waals surface area (Å²) in [4.78, 5) is 4.51. The molecular weight excluding hydrogens is 278 g/mol. The molecular formula is C17H19N3S.